The summed E-state index contributed by atoms with van der Waals surface area (Å²) in [6.45, 7) is 0. The molecular weight excluding hydrogens is 318 g/mol. The molecule has 0 radical (unpaired) electrons. The number of anilines is 1. The van der Waals surface area contributed by atoms with Gasteiger partial charge >= 0.3 is 11.9 Å². The van der Waals surface area contributed by atoms with Crippen LogP contribution in [0.1, 0.15) is 33.1 Å². The molecule has 0 aliphatic heterocycles. The average molecular weight is 332 g/mol. The highest BCUT2D eigenvalue weighted by atomic mass is 35.5. The largest absolute Gasteiger partial charge is 0.469 e. The number of esters is 2. The van der Waals surface area contributed by atoms with E-state index in [2.05, 4.69) is 5.32 Å². The first kappa shape index (κ1) is 15.8. The minimum absolute atomic E-state index is 0.219. The van der Waals surface area contributed by atoms with Crippen molar-refractivity contribution in [2.45, 2.75) is 18.8 Å². The van der Waals surface area contributed by atoms with Crippen molar-refractivity contribution in [3.8, 4) is 0 Å². The van der Waals surface area contributed by atoms with Crippen molar-refractivity contribution in [2.24, 2.45) is 0 Å². The molecule has 114 valence electrons. The normalized spacial score (nSPS) is 16.2. The third-order valence-electron chi connectivity index (χ3n) is 3.28. The lowest BCUT2D eigenvalue weighted by Crippen LogP contribution is -2.18. The summed E-state index contributed by atoms with van der Waals surface area (Å²) in [6.07, 6.45) is 1.24. The van der Waals surface area contributed by atoms with Crippen molar-refractivity contribution in [2.75, 3.05) is 25.4 Å². The summed E-state index contributed by atoms with van der Waals surface area (Å²) < 4.78 is 9.54. The van der Waals surface area contributed by atoms with E-state index in [9.17, 15) is 14.4 Å². The zero-order valence-corrected chi connectivity index (χ0v) is 13.1. The SMILES string of the molecule is COC(=O)c1c(NC(=O)CCl)sc2c1[C@@H](C(=O)OC)CC2. The van der Waals surface area contributed by atoms with Crippen LogP contribution in [0.15, 0.2) is 0 Å². The summed E-state index contributed by atoms with van der Waals surface area (Å²) in [7, 11) is 2.56. The fourth-order valence-electron chi connectivity index (χ4n) is 2.40. The van der Waals surface area contributed by atoms with Gasteiger partial charge in [-0.25, -0.2) is 4.79 Å². The number of carbonyl (C=O) groups is 3. The van der Waals surface area contributed by atoms with E-state index < -0.39 is 23.8 Å². The lowest BCUT2D eigenvalue weighted by atomic mass is 9.99. The minimum Gasteiger partial charge on any atom is -0.469 e. The number of carbonyl (C=O) groups excluding carboxylic acids is 3. The molecule has 0 saturated carbocycles. The second kappa shape index (κ2) is 6.44. The quantitative estimate of drug-likeness (QED) is 0.673. The van der Waals surface area contributed by atoms with Crippen LogP contribution in [0, 0.1) is 0 Å². The summed E-state index contributed by atoms with van der Waals surface area (Å²) >= 11 is 6.73. The number of hydrogen-bond acceptors (Lipinski definition) is 6. The predicted molar refractivity (Wildman–Crippen MR) is 78.1 cm³/mol. The Morgan fingerprint density at radius 3 is 2.62 bits per heavy atom. The van der Waals surface area contributed by atoms with Gasteiger partial charge in [0.15, 0.2) is 0 Å². The maximum atomic E-state index is 12.0. The van der Waals surface area contributed by atoms with Crippen LogP contribution in [-0.4, -0.2) is 37.9 Å². The highest BCUT2D eigenvalue weighted by Crippen LogP contribution is 2.45. The molecule has 0 unspecified atom stereocenters. The molecule has 0 fully saturated rings. The first-order chi connectivity index (χ1) is 10.0. The number of thiophene rings is 1. The van der Waals surface area contributed by atoms with Crippen molar-refractivity contribution < 1.29 is 23.9 Å². The molecule has 1 aliphatic rings. The highest BCUT2D eigenvalue weighted by molar-refractivity contribution is 7.17. The Bertz CT molecular complexity index is 598. The number of rotatable bonds is 4. The molecule has 1 N–H and O–H groups in total. The Labute approximate surface area is 130 Å². The van der Waals surface area contributed by atoms with Crippen LogP contribution in [0.3, 0.4) is 0 Å². The van der Waals surface area contributed by atoms with Gasteiger partial charge in [0.1, 0.15) is 10.9 Å². The number of hydrogen-bond donors (Lipinski definition) is 1. The maximum Gasteiger partial charge on any atom is 0.341 e. The van der Waals surface area contributed by atoms with Gasteiger partial charge in [0.2, 0.25) is 5.91 Å². The molecule has 8 heteroatoms. The predicted octanol–water partition coefficient (Wildman–Crippen LogP) is 1.91. The number of amides is 1. The molecule has 0 bridgehead atoms. The Balaban J connectivity index is 2.48. The van der Waals surface area contributed by atoms with Gasteiger partial charge < -0.3 is 14.8 Å². The Hall–Kier alpha value is -1.60. The van der Waals surface area contributed by atoms with E-state index in [1.54, 1.807) is 0 Å². The highest BCUT2D eigenvalue weighted by Gasteiger charge is 2.38. The first-order valence-electron chi connectivity index (χ1n) is 6.21. The van der Waals surface area contributed by atoms with Crippen LogP contribution >= 0.6 is 22.9 Å². The summed E-state index contributed by atoms with van der Waals surface area (Å²) in [5.74, 6) is -2.13. The van der Waals surface area contributed by atoms with Crippen molar-refractivity contribution in [1.29, 1.82) is 0 Å². The van der Waals surface area contributed by atoms with Crippen molar-refractivity contribution >= 4 is 45.8 Å². The van der Waals surface area contributed by atoms with E-state index in [1.165, 1.54) is 25.6 Å². The van der Waals surface area contributed by atoms with E-state index in [1.807, 2.05) is 0 Å². The molecule has 1 aliphatic carbocycles. The third kappa shape index (κ3) is 2.89. The number of nitrogens with one attached hydrogen (secondary N) is 1. The Morgan fingerprint density at radius 1 is 1.33 bits per heavy atom. The van der Waals surface area contributed by atoms with Gasteiger partial charge in [-0.1, -0.05) is 0 Å². The van der Waals surface area contributed by atoms with Gasteiger partial charge in [-0.2, -0.15) is 0 Å². The van der Waals surface area contributed by atoms with Gasteiger partial charge in [0.25, 0.3) is 0 Å². The van der Waals surface area contributed by atoms with Crippen LogP contribution in [-0.2, 0) is 25.5 Å². The second-order valence-electron chi connectivity index (χ2n) is 4.43. The smallest absolute Gasteiger partial charge is 0.341 e. The lowest BCUT2D eigenvalue weighted by Gasteiger charge is -2.11. The summed E-state index contributed by atoms with van der Waals surface area (Å²) in [5, 5.41) is 2.94. The number of fused-ring (bicyclic) bond motifs is 1. The molecule has 1 aromatic heterocycles. The summed E-state index contributed by atoms with van der Waals surface area (Å²) in [4.78, 5) is 36.2. The molecule has 1 aromatic rings. The van der Waals surface area contributed by atoms with Gasteiger partial charge in [-0.05, 0) is 18.4 Å². The average Bonchev–Trinajstić information content (AvgIpc) is 3.03. The Morgan fingerprint density at radius 2 is 2.05 bits per heavy atom. The fourth-order valence-corrected chi connectivity index (χ4v) is 3.74. The molecule has 0 saturated heterocycles. The number of aryl methyl sites for hydroxylation is 1. The molecule has 21 heavy (non-hydrogen) atoms. The van der Waals surface area contributed by atoms with E-state index in [-0.39, 0.29) is 11.4 Å². The topological polar surface area (TPSA) is 81.7 Å². The van der Waals surface area contributed by atoms with Crippen molar-refractivity contribution in [3.63, 3.8) is 0 Å². The number of halogens is 1. The zero-order chi connectivity index (χ0) is 15.6. The van der Waals surface area contributed by atoms with E-state index >= 15 is 0 Å². The zero-order valence-electron chi connectivity index (χ0n) is 11.5. The number of ether oxygens (including phenoxy) is 2. The first-order valence-corrected chi connectivity index (χ1v) is 7.56. The van der Waals surface area contributed by atoms with E-state index in [0.29, 0.717) is 23.4 Å². The molecule has 1 amide bonds. The van der Waals surface area contributed by atoms with Crippen molar-refractivity contribution in [3.05, 3.63) is 16.0 Å². The van der Waals surface area contributed by atoms with Gasteiger partial charge in [-0.3, -0.25) is 9.59 Å². The standard InChI is InChI=1S/C13H14ClNO5S/c1-19-12(17)6-3-4-7-9(6)10(13(18)20-2)11(21-7)15-8(16)5-14/h6H,3-5H2,1-2H3,(H,15,16)/t6-/m0/s1. The van der Waals surface area contributed by atoms with E-state index in [0.717, 1.165) is 4.88 Å². The summed E-state index contributed by atoms with van der Waals surface area (Å²) in [6, 6.07) is 0. The molecule has 1 heterocycles. The Kier molecular flexibility index (Phi) is 4.84. The van der Waals surface area contributed by atoms with Gasteiger partial charge in [-0.15, -0.1) is 22.9 Å². The van der Waals surface area contributed by atoms with Crippen LogP contribution in [0.2, 0.25) is 0 Å². The third-order valence-corrected chi connectivity index (χ3v) is 4.70. The molecule has 2 rings (SSSR count). The van der Waals surface area contributed by atoms with Gasteiger partial charge in [0, 0.05) is 4.88 Å². The monoisotopic (exact) mass is 331 g/mol. The lowest BCUT2D eigenvalue weighted by molar-refractivity contribution is -0.142. The molecular formula is C13H14ClNO5S. The molecule has 6 nitrogen and oxygen atoms in total. The number of methoxy groups -OCH3 is 2. The summed E-state index contributed by atoms with van der Waals surface area (Å²) in [5.41, 5.74) is 0.826. The molecule has 0 aromatic carbocycles. The van der Waals surface area contributed by atoms with Gasteiger partial charge in [0.05, 0.1) is 25.7 Å². The van der Waals surface area contributed by atoms with Crippen LogP contribution in [0.4, 0.5) is 5.00 Å². The van der Waals surface area contributed by atoms with Crippen molar-refractivity contribution in [1.82, 2.24) is 0 Å². The number of alkyl halides is 1. The molecule has 0 spiro atoms. The van der Waals surface area contributed by atoms with Crippen LogP contribution in [0.5, 0.6) is 0 Å². The fraction of sp³-hybridized carbons (Fsp3) is 0.462. The van der Waals surface area contributed by atoms with Crippen LogP contribution < -0.4 is 5.32 Å². The van der Waals surface area contributed by atoms with E-state index in [4.69, 9.17) is 21.1 Å². The van der Waals surface area contributed by atoms with Crippen LogP contribution in [0.25, 0.3) is 0 Å². The molecule has 1 atom stereocenters. The minimum atomic E-state index is -0.590. The second-order valence-corrected chi connectivity index (χ2v) is 5.80. The maximum absolute atomic E-state index is 12.0.